The lowest BCUT2D eigenvalue weighted by Gasteiger charge is -2.11. The molecule has 0 heterocycles. The molecule has 0 aliphatic carbocycles. The van der Waals surface area contributed by atoms with Gasteiger partial charge in [-0.25, -0.2) is 0 Å². The molecule has 2 heteroatoms. The van der Waals surface area contributed by atoms with Crippen LogP contribution in [0.1, 0.15) is 27.0 Å². The molecule has 3 rings (SSSR count). The Morgan fingerprint density at radius 3 is 2.08 bits per heavy atom. The molecule has 3 aromatic carbocycles. The first-order valence-electron chi connectivity index (χ1n) is 8.51. The number of carbonyl (C=O) groups is 1. The van der Waals surface area contributed by atoms with Crippen molar-refractivity contribution in [1.29, 1.82) is 0 Å². The molecule has 0 saturated heterocycles. The number of carbonyl (C=O) groups excluding carboxylic acids is 1. The largest absolute Gasteiger partial charge is 0.493 e. The fourth-order valence-electron chi connectivity index (χ4n) is 3.04. The predicted octanol–water partition coefficient (Wildman–Crippen LogP) is 5.40. The van der Waals surface area contributed by atoms with Crippen LogP contribution in [-0.2, 0) is 6.42 Å². The fourth-order valence-corrected chi connectivity index (χ4v) is 3.04. The minimum Gasteiger partial charge on any atom is -0.493 e. The fraction of sp³-hybridized carbons (Fsp3) is 0.174. The zero-order valence-corrected chi connectivity index (χ0v) is 14.7. The van der Waals surface area contributed by atoms with Crippen LogP contribution in [0.2, 0.25) is 0 Å². The number of hydrogen-bond acceptors (Lipinski definition) is 2. The van der Waals surface area contributed by atoms with Crippen LogP contribution in [0.5, 0.6) is 5.75 Å². The Balaban J connectivity index is 1.62. The maximum atomic E-state index is 10.6. The minimum absolute atomic E-state index is 0.614. The molecule has 0 aliphatic heterocycles. The summed E-state index contributed by atoms with van der Waals surface area (Å²) in [6, 6.07) is 22.3. The summed E-state index contributed by atoms with van der Waals surface area (Å²) in [4.78, 5) is 10.6. The average molecular weight is 330 g/mol. The lowest BCUT2D eigenvalue weighted by molar-refractivity contribution is 0.112. The molecule has 25 heavy (non-hydrogen) atoms. The first-order valence-corrected chi connectivity index (χ1v) is 8.51. The van der Waals surface area contributed by atoms with Crippen LogP contribution in [-0.4, -0.2) is 12.9 Å². The number of rotatable bonds is 6. The van der Waals surface area contributed by atoms with Gasteiger partial charge in [-0.3, -0.25) is 4.79 Å². The first kappa shape index (κ1) is 17.0. The third kappa shape index (κ3) is 4.16. The summed E-state index contributed by atoms with van der Waals surface area (Å²) in [6.07, 6.45) is 1.68. The van der Waals surface area contributed by atoms with Crippen LogP contribution >= 0.6 is 0 Å². The maximum Gasteiger partial charge on any atom is 0.150 e. The number of aryl methyl sites for hydroxylation is 2. The van der Waals surface area contributed by atoms with E-state index in [4.69, 9.17) is 4.74 Å². The molecular formula is C23H22O2. The van der Waals surface area contributed by atoms with Gasteiger partial charge in [0.15, 0.2) is 0 Å². The van der Waals surface area contributed by atoms with Crippen LogP contribution in [0.25, 0.3) is 11.1 Å². The van der Waals surface area contributed by atoms with Gasteiger partial charge in [-0.15, -0.1) is 0 Å². The van der Waals surface area contributed by atoms with Crippen molar-refractivity contribution in [2.24, 2.45) is 0 Å². The molecular weight excluding hydrogens is 308 g/mol. The van der Waals surface area contributed by atoms with Crippen molar-refractivity contribution in [2.45, 2.75) is 20.3 Å². The van der Waals surface area contributed by atoms with Crippen molar-refractivity contribution in [3.8, 4) is 16.9 Å². The number of benzene rings is 3. The molecule has 0 fully saturated rings. The second-order valence-corrected chi connectivity index (χ2v) is 6.25. The van der Waals surface area contributed by atoms with Gasteiger partial charge >= 0.3 is 0 Å². The minimum atomic E-state index is 0.614. The predicted molar refractivity (Wildman–Crippen MR) is 102 cm³/mol. The maximum absolute atomic E-state index is 10.6. The van der Waals surface area contributed by atoms with Crippen LogP contribution < -0.4 is 4.74 Å². The van der Waals surface area contributed by atoms with Crippen molar-refractivity contribution in [3.05, 3.63) is 89.0 Å². The van der Waals surface area contributed by atoms with E-state index in [1.807, 2.05) is 12.1 Å². The molecule has 0 spiro atoms. The second-order valence-electron chi connectivity index (χ2n) is 6.25. The standard InChI is InChI=1S/C23H22O2/c1-17-4-3-5-18(2)23(17)21-10-6-19(7-11-21)14-15-25-22-12-8-20(16-24)9-13-22/h3-13,16H,14-15H2,1-2H3. The van der Waals surface area contributed by atoms with Gasteiger partial charge in [-0.05, 0) is 65.9 Å². The number of hydrogen-bond donors (Lipinski definition) is 0. The van der Waals surface area contributed by atoms with E-state index in [1.54, 1.807) is 12.1 Å². The highest BCUT2D eigenvalue weighted by atomic mass is 16.5. The van der Waals surface area contributed by atoms with Gasteiger partial charge in [0.25, 0.3) is 0 Å². The smallest absolute Gasteiger partial charge is 0.150 e. The quantitative estimate of drug-likeness (QED) is 0.565. The van der Waals surface area contributed by atoms with Crippen LogP contribution in [0, 0.1) is 13.8 Å². The van der Waals surface area contributed by atoms with E-state index in [-0.39, 0.29) is 0 Å². The molecule has 0 bridgehead atoms. The molecule has 0 amide bonds. The molecule has 0 N–H and O–H groups in total. The number of aldehydes is 1. The summed E-state index contributed by atoms with van der Waals surface area (Å²) in [5, 5.41) is 0. The van der Waals surface area contributed by atoms with E-state index in [2.05, 4.69) is 56.3 Å². The molecule has 126 valence electrons. The van der Waals surface area contributed by atoms with Crippen molar-refractivity contribution in [2.75, 3.05) is 6.61 Å². The zero-order chi connectivity index (χ0) is 17.6. The highest BCUT2D eigenvalue weighted by molar-refractivity contribution is 5.74. The summed E-state index contributed by atoms with van der Waals surface area (Å²) in [5.74, 6) is 0.790. The summed E-state index contributed by atoms with van der Waals surface area (Å²) in [6.45, 7) is 4.92. The summed E-state index contributed by atoms with van der Waals surface area (Å²) < 4.78 is 5.75. The topological polar surface area (TPSA) is 26.3 Å². The Morgan fingerprint density at radius 2 is 1.48 bits per heavy atom. The molecule has 0 aromatic heterocycles. The third-order valence-corrected chi connectivity index (χ3v) is 4.40. The highest BCUT2D eigenvalue weighted by Gasteiger charge is 2.05. The summed E-state index contributed by atoms with van der Waals surface area (Å²) in [7, 11) is 0. The third-order valence-electron chi connectivity index (χ3n) is 4.40. The lowest BCUT2D eigenvalue weighted by atomic mass is 9.95. The Kier molecular flexibility index (Phi) is 5.30. The average Bonchev–Trinajstić information content (AvgIpc) is 2.63. The molecule has 2 nitrogen and oxygen atoms in total. The Bertz CT molecular complexity index is 826. The molecule has 0 radical (unpaired) electrons. The van der Waals surface area contributed by atoms with Crippen LogP contribution in [0.4, 0.5) is 0 Å². The van der Waals surface area contributed by atoms with Crippen LogP contribution in [0.15, 0.2) is 66.7 Å². The lowest BCUT2D eigenvalue weighted by Crippen LogP contribution is -2.01. The SMILES string of the molecule is Cc1cccc(C)c1-c1ccc(CCOc2ccc(C=O)cc2)cc1. The van der Waals surface area contributed by atoms with Gasteiger partial charge in [0, 0.05) is 12.0 Å². The van der Waals surface area contributed by atoms with Gasteiger partial charge in [0.1, 0.15) is 12.0 Å². The Labute approximate surface area is 149 Å². The van der Waals surface area contributed by atoms with E-state index >= 15 is 0 Å². The molecule has 0 atom stereocenters. The van der Waals surface area contributed by atoms with Crippen molar-refractivity contribution < 1.29 is 9.53 Å². The molecule has 0 unspecified atom stereocenters. The van der Waals surface area contributed by atoms with Crippen molar-refractivity contribution >= 4 is 6.29 Å². The van der Waals surface area contributed by atoms with E-state index in [1.165, 1.54) is 27.8 Å². The van der Waals surface area contributed by atoms with Gasteiger partial charge in [0.2, 0.25) is 0 Å². The number of ether oxygens (including phenoxy) is 1. The van der Waals surface area contributed by atoms with Crippen LogP contribution in [0.3, 0.4) is 0 Å². The summed E-state index contributed by atoms with van der Waals surface area (Å²) in [5.41, 5.74) is 7.09. The Hall–Kier alpha value is -2.87. The Morgan fingerprint density at radius 1 is 0.840 bits per heavy atom. The van der Waals surface area contributed by atoms with E-state index < -0.39 is 0 Å². The summed E-state index contributed by atoms with van der Waals surface area (Å²) >= 11 is 0. The highest BCUT2D eigenvalue weighted by Crippen LogP contribution is 2.27. The van der Waals surface area contributed by atoms with Crippen molar-refractivity contribution in [1.82, 2.24) is 0 Å². The van der Waals surface area contributed by atoms with E-state index in [0.717, 1.165) is 18.5 Å². The second kappa shape index (κ2) is 7.80. The van der Waals surface area contributed by atoms with Gasteiger partial charge in [-0.2, -0.15) is 0 Å². The van der Waals surface area contributed by atoms with Gasteiger partial charge in [-0.1, -0.05) is 42.5 Å². The molecule has 3 aromatic rings. The first-order chi connectivity index (χ1) is 12.2. The van der Waals surface area contributed by atoms with E-state index in [9.17, 15) is 4.79 Å². The zero-order valence-electron chi connectivity index (χ0n) is 14.7. The molecule has 0 saturated carbocycles. The van der Waals surface area contributed by atoms with Gasteiger partial charge < -0.3 is 4.74 Å². The monoisotopic (exact) mass is 330 g/mol. The van der Waals surface area contributed by atoms with Gasteiger partial charge in [0.05, 0.1) is 6.61 Å². The van der Waals surface area contributed by atoms with E-state index in [0.29, 0.717) is 12.2 Å². The van der Waals surface area contributed by atoms with Crippen molar-refractivity contribution in [3.63, 3.8) is 0 Å². The molecule has 0 aliphatic rings. The normalized spacial score (nSPS) is 10.5.